The van der Waals surface area contributed by atoms with Gasteiger partial charge in [0, 0.05) is 32.6 Å². The van der Waals surface area contributed by atoms with E-state index in [0.29, 0.717) is 30.6 Å². The molecule has 0 amide bonds. The van der Waals surface area contributed by atoms with Gasteiger partial charge >= 0.3 is 6.18 Å². The highest BCUT2D eigenvalue weighted by Crippen LogP contribution is 2.28. The molecule has 2 atom stereocenters. The largest absolute Gasteiger partial charge is 0.431 e. The third kappa shape index (κ3) is 4.94. The number of hydrogen-bond donors (Lipinski definition) is 0. The molecule has 0 N–H and O–H groups in total. The Bertz CT molecular complexity index is 690. The van der Waals surface area contributed by atoms with Gasteiger partial charge < -0.3 is 9.30 Å². The number of carbonyl (C=O) groups is 1. The summed E-state index contributed by atoms with van der Waals surface area (Å²) in [6, 6.07) is 1.81. The van der Waals surface area contributed by atoms with E-state index in [4.69, 9.17) is 4.74 Å². The lowest BCUT2D eigenvalue weighted by atomic mass is 10.1. The zero-order chi connectivity index (χ0) is 19.5. The molecule has 1 aliphatic rings. The van der Waals surface area contributed by atoms with Gasteiger partial charge in [0.1, 0.15) is 5.69 Å². The topological polar surface area (TPSA) is 51.5 Å². The molecule has 0 aromatic carbocycles. The fraction of sp³-hybridized carbons (Fsp3) is 0.667. The normalized spacial score (nSPS) is 21.8. The Morgan fingerprint density at radius 2 is 1.81 bits per heavy atom. The highest BCUT2D eigenvalue weighted by Gasteiger charge is 2.35. The van der Waals surface area contributed by atoms with E-state index in [-0.39, 0.29) is 30.7 Å². The second kappa shape index (κ2) is 8.35. The van der Waals surface area contributed by atoms with Crippen LogP contribution in [0.2, 0.25) is 0 Å². The number of ketones is 1. The molecule has 146 valence electrons. The van der Waals surface area contributed by atoms with Crippen LogP contribution in [0.3, 0.4) is 0 Å². The monoisotopic (exact) mass is 374 g/mol. The van der Waals surface area contributed by atoms with E-state index in [1.807, 2.05) is 13.8 Å². The van der Waals surface area contributed by atoms with Crippen LogP contribution < -0.4 is 5.56 Å². The molecule has 0 radical (unpaired) electrons. The van der Waals surface area contributed by atoms with Crippen molar-refractivity contribution in [2.75, 3.05) is 19.6 Å². The molecule has 5 nitrogen and oxygen atoms in total. The van der Waals surface area contributed by atoms with Crippen molar-refractivity contribution >= 4 is 5.78 Å². The maximum absolute atomic E-state index is 13.3. The van der Waals surface area contributed by atoms with E-state index in [1.54, 1.807) is 6.92 Å². The minimum Gasteiger partial charge on any atom is -0.373 e. The molecule has 0 unspecified atom stereocenters. The van der Waals surface area contributed by atoms with Gasteiger partial charge in [0.2, 0.25) is 0 Å². The Kier molecular flexibility index (Phi) is 6.63. The average Bonchev–Trinajstić information content (AvgIpc) is 2.53. The number of rotatable bonds is 6. The number of hydrogen-bond acceptors (Lipinski definition) is 4. The summed E-state index contributed by atoms with van der Waals surface area (Å²) in [5.41, 5.74) is -2.07. The lowest BCUT2D eigenvalue weighted by molar-refractivity contribution is -0.144. The number of aromatic nitrogens is 1. The number of nitrogens with zero attached hydrogens (tertiary/aromatic N) is 2. The fourth-order valence-electron chi connectivity index (χ4n) is 3.37. The van der Waals surface area contributed by atoms with Gasteiger partial charge in [0.15, 0.2) is 5.78 Å². The van der Waals surface area contributed by atoms with Crippen molar-refractivity contribution in [2.24, 2.45) is 0 Å². The Morgan fingerprint density at radius 3 is 2.35 bits per heavy atom. The Morgan fingerprint density at radius 1 is 1.19 bits per heavy atom. The van der Waals surface area contributed by atoms with Crippen LogP contribution in [0.15, 0.2) is 16.9 Å². The summed E-state index contributed by atoms with van der Waals surface area (Å²) in [5.74, 6) is -0.451. The summed E-state index contributed by atoms with van der Waals surface area (Å²) in [4.78, 5) is 26.4. The molecule has 1 fully saturated rings. The quantitative estimate of drug-likeness (QED) is 0.719. The minimum absolute atomic E-state index is 0.0673. The predicted octanol–water partition coefficient (Wildman–Crippen LogP) is 2.96. The number of ether oxygens (including phenoxy) is 1. The smallest absolute Gasteiger partial charge is 0.373 e. The molecule has 0 bridgehead atoms. The number of alkyl halides is 3. The standard InChI is InChI=1S/C18H25F3N2O3/c1-4-15(24)14-6-7-16(18(19,20)21)23(17(14)25)9-5-8-22-10-12(2)26-13(3)11-22/h6-7,12-13H,4-5,8-11H2,1-3H3/t12-,13+. The van der Waals surface area contributed by atoms with Crippen molar-refractivity contribution in [1.29, 1.82) is 0 Å². The first-order valence-corrected chi connectivity index (χ1v) is 8.85. The molecule has 1 aromatic heterocycles. The van der Waals surface area contributed by atoms with Gasteiger partial charge in [-0.2, -0.15) is 13.2 Å². The van der Waals surface area contributed by atoms with Crippen LogP contribution in [-0.4, -0.2) is 47.1 Å². The first-order valence-electron chi connectivity index (χ1n) is 8.85. The van der Waals surface area contributed by atoms with Gasteiger partial charge in [-0.1, -0.05) is 6.92 Å². The van der Waals surface area contributed by atoms with Crippen molar-refractivity contribution < 1.29 is 22.7 Å². The molecule has 0 saturated carbocycles. The number of halogens is 3. The van der Waals surface area contributed by atoms with Gasteiger partial charge in [0.05, 0.1) is 17.8 Å². The highest BCUT2D eigenvalue weighted by atomic mass is 19.4. The molecule has 0 aliphatic carbocycles. The van der Waals surface area contributed by atoms with E-state index in [0.717, 1.165) is 12.1 Å². The van der Waals surface area contributed by atoms with E-state index >= 15 is 0 Å². The summed E-state index contributed by atoms with van der Waals surface area (Å²) < 4.78 is 46.1. The van der Waals surface area contributed by atoms with E-state index < -0.39 is 23.2 Å². The first-order chi connectivity index (χ1) is 12.1. The SMILES string of the molecule is CCC(=O)c1ccc(C(F)(F)F)n(CCCN2C[C@@H](C)O[C@@H](C)C2)c1=O. The van der Waals surface area contributed by atoms with Crippen LogP contribution in [0.4, 0.5) is 13.2 Å². The van der Waals surface area contributed by atoms with Gasteiger partial charge in [0.25, 0.3) is 5.56 Å². The second-order valence-corrected chi connectivity index (χ2v) is 6.73. The number of morpholine rings is 1. The van der Waals surface area contributed by atoms with Crippen LogP contribution in [0.1, 0.15) is 49.7 Å². The molecular formula is C18H25F3N2O3. The lowest BCUT2D eigenvalue weighted by Gasteiger charge is -2.35. The Labute approximate surface area is 150 Å². The van der Waals surface area contributed by atoms with Crippen LogP contribution in [0.25, 0.3) is 0 Å². The maximum atomic E-state index is 13.3. The molecular weight excluding hydrogens is 349 g/mol. The predicted molar refractivity (Wildman–Crippen MR) is 91.4 cm³/mol. The van der Waals surface area contributed by atoms with Crippen molar-refractivity contribution in [3.8, 4) is 0 Å². The summed E-state index contributed by atoms with van der Waals surface area (Å²) >= 11 is 0. The lowest BCUT2D eigenvalue weighted by Crippen LogP contribution is -2.46. The van der Waals surface area contributed by atoms with Crippen LogP contribution in [0.5, 0.6) is 0 Å². The van der Waals surface area contributed by atoms with Crippen molar-refractivity contribution in [3.05, 3.63) is 33.7 Å². The Balaban J connectivity index is 2.18. The summed E-state index contributed by atoms with van der Waals surface area (Å²) in [7, 11) is 0. The van der Waals surface area contributed by atoms with Gasteiger partial charge in [-0.05, 0) is 32.4 Å². The van der Waals surface area contributed by atoms with Gasteiger partial charge in [-0.3, -0.25) is 14.5 Å². The average molecular weight is 374 g/mol. The van der Waals surface area contributed by atoms with Crippen molar-refractivity contribution in [3.63, 3.8) is 0 Å². The van der Waals surface area contributed by atoms with E-state index in [2.05, 4.69) is 4.90 Å². The summed E-state index contributed by atoms with van der Waals surface area (Å²) in [5, 5.41) is 0. The van der Waals surface area contributed by atoms with Gasteiger partial charge in [-0.15, -0.1) is 0 Å². The van der Waals surface area contributed by atoms with E-state index in [9.17, 15) is 22.8 Å². The highest BCUT2D eigenvalue weighted by molar-refractivity contribution is 5.95. The molecule has 1 saturated heterocycles. The summed E-state index contributed by atoms with van der Waals surface area (Å²) in [6.07, 6.45) is -4.05. The third-order valence-electron chi connectivity index (χ3n) is 4.44. The maximum Gasteiger partial charge on any atom is 0.431 e. The molecule has 0 spiro atoms. The van der Waals surface area contributed by atoms with Crippen molar-refractivity contribution in [2.45, 2.75) is 58.5 Å². The molecule has 26 heavy (non-hydrogen) atoms. The third-order valence-corrected chi connectivity index (χ3v) is 4.44. The minimum atomic E-state index is -4.64. The molecule has 2 rings (SSSR count). The number of pyridine rings is 1. The summed E-state index contributed by atoms with van der Waals surface area (Å²) in [6.45, 7) is 7.37. The number of carbonyl (C=O) groups excluding carboxylic acids is 1. The number of Topliss-reactive ketones (excluding diaryl/α,β-unsaturated/α-hetero) is 1. The van der Waals surface area contributed by atoms with Crippen LogP contribution in [-0.2, 0) is 17.5 Å². The molecule has 2 heterocycles. The Hall–Kier alpha value is -1.67. The first kappa shape index (κ1) is 20.6. The molecule has 1 aliphatic heterocycles. The van der Waals surface area contributed by atoms with Crippen LogP contribution in [0, 0.1) is 0 Å². The van der Waals surface area contributed by atoms with Gasteiger partial charge in [-0.25, -0.2) is 0 Å². The zero-order valence-corrected chi connectivity index (χ0v) is 15.3. The zero-order valence-electron chi connectivity index (χ0n) is 15.3. The molecule has 1 aromatic rings. The van der Waals surface area contributed by atoms with Crippen LogP contribution >= 0.6 is 0 Å². The molecule has 8 heteroatoms. The second-order valence-electron chi connectivity index (χ2n) is 6.73. The van der Waals surface area contributed by atoms with E-state index in [1.165, 1.54) is 0 Å². The fourth-order valence-corrected chi connectivity index (χ4v) is 3.37. The van der Waals surface area contributed by atoms with Crippen molar-refractivity contribution in [1.82, 2.24) is 9.47 Å².